The van der Waals surface area contributed by atoms with Crippen LogP contribution in [0.2, 0.25) is 0 Å². The van der Waals surface area contributed by atoms with Gasteiger partial charge < -0.3 is 5.32 Å². The van der Waals surface area contributed by atoms with Crippen LogP contribution in [0.15, 0.2) is 20.7 Å². The molecule has 0 spiro atoms. The van der Waals surface area contributed by atoms with E-state index >= 15 is 0 Å². The maximum Gasteiger partial charge on any atom is 0.328 e. The molecule has 0 aliphatic rings. The van der Waals surface area contributed by atoms with E-state index in [0.717, 1.165) is 10.8 Å². The molecule has 10 heteroatoms. The molecule has 0 fully saturated rings. The minimum Gasteiger partial charge on any atom is -0.350 e. The number of aromatic nitrogens is 2. The van der Waals surface area contributed by atoms with Gasteiger partial charge in [-0.2, -0.15) is 0 Å². The average Bonchev–Trinajstić information content (AvgIpc) is 2.17. The molecule has 0 unspecified atom stereocenters. The Kier molecular flexibility index (Phi) is 4.45. The predicted molar refractivity (Wildman–Crippen MR) is 72.3 cm³/mol. The third kappa shape index (κ3) is 4.49. The summed E-state index contributed by atoms with van der Waals surface area (Å²) in [5.41, 5.74) is -2.54. The molecule has 1 amide bonds. The first-order valence-corrected chi connectivity index (χ1v) is 7.80. The molecule has 1 aromatic rings. The molecule has 1 aromatic heterocycles. The standard InChI is InChI=1S/C10H14ClN3O5S/c1-10(2,3)13-7(15)5-14-4-6(20(11,18)19)8(16)12-9(14)17/h4H,5H2,1-3H3,(H,13,15)(H,12,16,17). The van der Waals surface area contributed by atoms with Gasteiger partial charge >= 0.3 is 5.69 Å². The predicted octanol–water partition coefficient (Wildman–Crippen LogP) is -0.621. The third-order valence-electron chi connectivity index (χ3n) is 2.07. The van der Waals surface area contributed by atoms with Crippen molar-refractivity contribution in [1.29, 1.82) is 0 Å². The molecule has 0 bridgehead atoms. The quantitative estimate of drug-likeness (QED) is 0.719. The molecular weight excluding hydrogens is 310 g/mol. The van der Waals surface area contributed by atoms with Crippen LogP contribution in [0, 0.1) is 0 Å². The third-order valence-corrected chi connectivity index (χ3v) is 3.38. The number of hydrogen-bond acceptors (Lipinski definition) is 5. The van der Waals surface area contributed by atoms with Crippen LogP contribution in [0.3, 0.4) is 0 Å². The lowest BCUT2D eigenvalue weighted by atomic mass is 10.1. The minimum atomic E-state index is -4.31. The maximum absolute atomic E-state index is 11.7. The molecule has 0 aliphatic heterocycles. The Morgan fingerprint density at radius 1 is 1.40 bits per heavy atom. The number of nitrogens with one attached hydrogen (secondary N) is 2. The van der Waals surface area contributed by atoms with E-state index in [1.807, 2.05) is 0 Å². The monoisotopic (exact) mass is 323 g/mol. The van der Waals surface area contributed by atoms with Crippen LogP contribution in [-0.4, -0.2) is 29.4 Å². The van der Waals surface area contributed by atoms with Gasteiger partial charge in [0.2, 0.25) is 5.91 Å². The fourth-order valence-electron chi connectivity index (χ4n) is 1.39. The summed E-state index contributed by atoms with van der Waals surface area (Å²) >= 11 is 0. The highest BCUT2D eigenvalue weighted by Gasteiger charge is 2.19. The number of H-pyrrole nitrogens is 1. The number of aromatic amines is 1. The fourth-order valence-corrected chi connectivity index (χ4v) is 2.25. The second kappa shape index (κ2) is 5.41. The number of carbonyl (C=O) groups excluding carboxylic acids is 1. The van der Waals surface area contributed by atoms with Gasteiger partial charge in [0, 0.05) is 22.4 Å². The van der Waals surface area contributed by atoms with Gasteiger partial charge in [-0.05, 0) is 20.8 Å². The summed E-state index contributed by atoms with van der Waals surface area (Å²) in [6.45, 7) is 4.80. The first-order valence-electron chi connectivity index (χ1n) is 5.49. The van der Waals surface area contributed by atoms with E-state index in [2.05, 4.69) is 5.32 Å². The second-order valence-corrected chi connectivity index (χ2v) is 7.65. The number of carbonyl (C=O) groups is 1. The Balaban J connectivity index is 3.18. The Morgan fingerprint density at radius 3 is 2.40 bits per heavy atom. The molecule has 0 aliphatic carbocycles. The zero-order valence-electron chi connectivity index (χ0n) is 11.1. The van der Waals surface area contributed by atoms with Gasteiger partial charge in [0.25, 0.3) is 14.6 Å². The Hall–Kier alpha value is -1.61. The van der Waals surface area contributed by atoms with Crippen molar-refractivity contribution in [3.8, 4) is 0 Å². The van der Waals surface area contributed by atoms with Gasteiger partial charge in [-0.15, -0.1) is 0 Å². The van der Waals surface area contributed by atoms with Crippen LogP contribution in [-0.2, 0) is 20.4 Å². The summed E-state index contributed by atoms with van der Waals surface area (Å²) in [7, 11) is 0.761. The van der Waals surface area contributed by atoms with Crippen LogP contribution in [0.1, 0.15) is 20.8 Å². The van der Waals surface area contributed by atoms with Crippen molar-refractivity contribution < 1.29 is 13.2 Å². The van der Waals surface area contributed by atoms with Crippen molar-refractivity contribution in [2.75, 3.05) is 0 Å². The lowest BCUT2D eigenvalue weighted by Gasteiger charge is -2.20. The van der Waals surface area contributed by atoms with Crippen LogP contribution < -0.4 is 16.6 Å². The lowest BCUT2D eigenvalue weighted by molar-refractivity contribution is -0.123. The molecule has 2 N–H and O–H groups in total. The highest BCUT2D eigenvalue weighted by Crippen LogP contribution is 2.07. The lowest BCUT2D eigenvalue weighted by Crippen LogP contribution is -2.44. The number of halogens is 1. The molecule has 8 nitrogen and oxygen atoms in total. The first-order chi connectivity index (χ1) is 8.90. The molecule has 0 radical (unpaired) electrons. The first kappa shape index (κ1) is 16.4. The Labute approximate surface area is 119 Å². The number of nitrogens with zero attached hydrogens (tertiary/aromatic N) is 1. The summed E-state index contributed by atoms with van der Waals surface area (Å²) < 4.78 is 23.1. The summed E-state index contributed by atoms with van der Waals surface area (Å²) in [6.07, 6.45) is 0.742. The molecule has 0 atom stereocenters. The van der Waals surface area contributed by atoms with Crippen LogP contribution in [0.5, 0.6) is 0 Å². The summed E-state index contributed by atoms with van der Waals surface area (Å²) in [5, 5.41) is 2.59. The van der Waals surface area contributed by atoms with Gasteiger partial charge in [-0.3, -0.25) is 19.1 Å². The van der Waals surface area contributed by atoms with Crippen molar-refractivity contribution in [2.45, 2.75) is 37.8 Å². The molecule has 20 heavy (non-hydrogen) atoms. The van der Waals surface area contributed by atoms with E-state index in [0.29, 0.717) is 0 Å². The Morgan fingerprint density at radius 2 is 1.95 bits per heavy atom. The highest BCUT2D eigenvalue weighted by atomic mass is 35.7. The number of hydrogen-bond donors (Lipinski definition) is 2. The van der Waals surface area contributed by atoms with Gasteiger partial charge in [0.1, 0.15) is 6.54 Å². The van der Waals surface area contributed by atoms with E-state index in [1.165, 1.54) is 0 Å². The van der Waals surface area contributed by atoms with Gasteiger partial charge in [-0.1, -0.05) is 0 Å². The molecule has 112 valence electrons. The molecule has 0 aromatic carbocycles. The van der Waals surface area contributed by atoms with Crippen LogP contribution in [0.25, 0.3) is 0 Å². The minimum absolute atomic E-state index is 0.438. The summed E-state index contributed by atoms with van der Waals surface area (Å²) in [6, 6.07) is 0. The van der Waals surface area contributed by atoms with Gasteiger partial charge in [0.15, 0.2) is 4.90 Å². The van der Waals surface area contributed by atoms with E-state index in [1.54, 1.807) is 25.8 Å². The largest absolute Gasteiger partial charge is 0.350 e. The number of amides is 1. The van der Waals surface area contributed by atoms with E-state index in [9.17, 15) is 22.8 Å². The van der Waals surface area contributed by atoms with E-state index in [4.69, 9.17) is 10.7 Å². The molecular formula is C10H14ClN3O5S. The smallest absolute Gasteiger partial charge is 0.328 e. The summed E-state index contributed by atoms with van der Waals surface area (Å²) in [5.74, 6) is -0.510. The molecule has 1 heterocycles. The fraction of sp³-hybridized carbons (Fsp3) is 0.500. The molecule has 0 saturated heterocycles. The SMILES string of the molecule is CC(C)(C)NC(=O)Cn1cc(S(=O)(=O)Cl)c(=O)[nH]c1=O. The topological polar surface area (TPSA) is 118 Å². The highest BCUT2D eigenvalue weighted by molar-refractivity contribution is 8.13. The van der Waals surface area contributed by atoms with Crippen molar-refractivity contribution in [2.24, 2.45) is 0 Å². The van der Waals surface area contributed by atoms with Crippen molar-refractivity contribution in [3.05, 3.63) is 27.0 Å². The average molecular weight is 324 g/mol. The van der Waals surface area contributed by atoms with Crippen LogP contribution in [0.4, 0.5) is 0 Å². The van der Waals surface area contributed by atoms with Crippen molar-refractivity contribution >= 4 is 25.6 Å². The zero-order chi connectivity index (χ0) is 15.7. The zero-order valence-corrected chi connectivity index (χ0v) is 12.6. The molecule has 1 rings (SSSR count). The van der Waals surface area contributed by atoms with E-state index < -0.39 is 43.2 Å². The van der Waals surface area contributed by atoms with Crippen molar-refractivity contribution in [1.82, 2.24) is 14.9 Å². The van der Waals surface area contributed by atoms with Gasteiger partial charge in [0.05, 0.1) is 0 Å². The summed E-state index contributed by atoms with van der Waals surface area (Å²) in [4.78, 5) is 35.5. The van der Waals surface area contributed by atoms with E-state index in [-0.39, 0.29) is 0 Å². The van der Waals surface area contributed by atoms with Crippen LogP contribution >= 0.6 is 10.7 Å². The normalized spacial score (nSPS) is 12.2. The van der Waals surface area contributed by atoms with Gasteiger partial charge in [-0.25, -0.2) is 13.2 Å². The Bertz CT molecular complexity index is 741. The molecule has 0 saturated carbocycles. The van der Waals surface area contributed by atoms with Crippen molar-refractivity contribution in [3.63, 3.8) is 0 Å². The maximum atomic E-state index is 11.7. The second-order valence-electron chi connectivity index (χ2n) is 5.12. The number of rotatable bonds is 3.